The van der Waals surface area contributed by atoms with Crippen molar-refractivity contribution in [1.82, 2.24) is 24.7 Å². The Morgan fingerprint density at radius 1 is 1.06 bits per heavy atom. The summed E-state index contributed by atoms with van der Waals surface area (Å²) in [7, 11) is 1.63. The summed E-state index contributed by atoms with van der Waals surface area (Å²) < 4.78 is 16.0. The van der Waals surface area contributed by atoms with Crippen LogP contribution in [0.25, 0.3) is 5.95 Å². The van der Waals surface area contributed by atoms with Crippen LogP contribution in [0.5, 0.6) is 11.5 Å². The third kappa shape index (κ3) is 4.67. The molecule has 2 aromatic carbocycles. The summed E-state index contributed by atoms with van der Waals surface area (Å²) >= 11 is 2.25. The Morgan fingerprint density at radius 2 is 1.84 bits per heavy atom. The Bertz CT molecular complexity index is 1260. The van der Waals surface area contributed by atoms with Gasteiger partial charge in [-0.1, -0.05) is 30.3 Å². The summed E-state index contributed by atoms with van der Waals surface area (Å²) in [4.78, 5) is 0. The van der Waals surface area contributed by atoms with E-state index in [9.17, 15) is 0 Å². The quantitative estimate of drug-likeness (QED) is 0.255. The van der Waals surface area contributed by atoms with Gasteiger partial charge in [0.05, 0.1) is 22.6 Å². The van der Waals surface area contributed by atoms with Gasteiger partial charge >= 0.3 is 0 Å². The van der Waals surface area contributed by atoms with Crippen LogP contribution in [0.1, 0.15) is 28.3 Å². The number of benzene rings is 2. The largest absolute Gasteiger partial charge is 0.493 e. The Balaban J connectivity index is 1.61. The van der Waals surface area contributed by atoms with E-state index in [1.54, 1.807) is 22.7 Å². The van der Waals surface area contributed by atoms with Crippen LogP contribution in [0.15, 0.2) is 53.6 Å². The molecule has 2 aromatic heterocycles. The van der Waals surface area contributed by atoms with Gasteiger partial charge in [0.2, 0.25) is 0 Å². The maximum absolute atomic E-state index is 6.05. The number of halogens is 1. The molecule has 0 amide bonds. The van der Waals surface area contributed by atoms with Gasteiger partial charge in [-0.05, 0) is 72.7 Å². The van der Waals surface area contributed by atoms with E-state index < -0.39 is 0 Å². The van der Waals surface area contributed by atoms with Gasteiger partial charge in [0, 0.05) is 5.69 Å². The number of aromatic nitrogens is 5. The molecule has 0 atom stereocenters. The van der Waals surface area contributed by atoms with E-state index in [1.807, 2.05) is 69.3 Å². The molecule has 0 bridgehead atoms. The highest BCUT2D eigenvalue weighted by molar-refractivity contribution is 14.1. The first-order valence-electron chi connectivity index (χ1n) is 10.0. The Kier molecular flexibility index (Phi) is 6.54. The van der Waals surface area contributed by atoms with Crippen molar-refractivity contribution in [3.63, 3.8) is 0 Å². The number of methoxy groups -OCH3 is 1. The van der Waals surface area contributed by atoms with Gasteiger partial charge in [0.1, 0.15) is 6.61 Å². The van der Waals surface area contributed by atoms with Crippen LogP contribution >= 0.6 is 22.6 Å². The Hall–Kier alpha value is -3.21. The van der Waals surface area contributed by atoms with Crippen molar-refractivity contribution in [3.8, 4) is 17.4 Å². The second-order valence-corrected chi connectivity index (χ2v) is 8.41. The van der Waals surface area contributed by atoms with Crippen LogP contribution in [0.4, 0.5) is 0 Å². The topological polar surface area (TPSA) is 79.4 Å². The van der Waals surface area contributed by atoms with Crippen LogP contribution in [-0.4, -0.2) is 38.0 Å². The molecular weight excluding hydrogens is 519 g/mol. The predicted octanol–water partition coefficient (Wildman–Crippen LogP) is 4.46. The third-order valence-electron chi connectivity index (χ3n) is 4.78. The van der Waals surface area contributed by atoms with Crippen molar-refractivity contribution in [2.24, 2.45) is 5.10 Å². The van der Waals surface area contributed by atoms with Crippen molar-refractivity contribution in [2.45, 2.75) is 27.4 Å². The number of hydrogen-bond donors (Lipinski definition) is 0. The van der Waals surface area contributed by atoms with Crippen LogP contribution in [0.2, 0.25) is 0 Å². The number of ether oxygens (including phenoxy) is 2. The summed E-state index contributed by atoms with van der Waals surface area (Å²) in [5.41, 5.74) is 3.83. The number of hydrogen-bond acceptors (Lipinski definition) is 6. The Morgan fingerprint density at radius 3 is 2.53 bits per heavy atom. The summed E-state index contributed by atoms with van der Waals surface area (Å²) in [5.74, 6) is 2.55. The molecule has 0 aliphatic rings. The van der Waals surface area contributed by atoms with Gasteiger partial charge < -0.3 is 9.47 Å². The van der Waals surface area contributed by atoms with E-state index in [0.29, 0.717) is 29.9 Å². The van der Waals surface area contributed by atoms with Crippen LogP contribution in [0.3, 0.4) is 0 Å². The normalized spacial score (nSPS) is 11.3. The minimum Gasteiger partial charge on any atom is -0.493 e. The summed E-state index contributed by atoms with van der Waals surface area (Å²) in [6.45, 7) is 6.23. The standard InChI is InChI=1S/C23H23IN6O2/c1-15-10-16(2)29(28-15)23-27-26-17(3)30(23)25-13-19-11-20(24)22(21(12-19)31-4)32-14-18-8-6-5-7-9-18/h5-13H,14H2,1-4H3/b25-13-. The molecule has 164 valence electrons. The number of aryl methyl sites for hydroxylation is 3. The lowest BCUT2D eigenvalue weighted by atomic mass is 10.2. The summed E-state index contributed by atoms with van der Waals surface area (Å²) in [6.07, 6.45) is 1.75. The smallest absolute Gasteiger partial charge is 0.273 e. The minimum absolute atomic E-state index is 0.465. The third-order valence-corrected chi connectivity index (χ3v) is 5.58. The molecular formula is C23H23IN6O2. The highest BCUT2D eigenvalue weighted by Gasteiger charge is 2.15. The lowest BCUT2D eigenvalue weighted by Crippen LogP contribution is -2.08. The molecule has 0 N–H and O–H groups in total. The second-order valence-electron chi connectivity index (χ2n) is 7.25. The molecule has 2 heterocycles. The van der Waals surface area contributed by atoms with Gasteiger partial charge in [-0.15, -0.1) is 10.2 Å². The van der Waals surface area contributed by atoms with Crippen molar-refractivity contribution < 1.29 is 9.47 Å². The highest BCUT2D eigenvalue weighted by Crippen LogP contribution is 2.34. The van der Waals surface area contributed by atoms with Gasteiger partial charge in [-0.2, -0.15) is 14.9 Å². The van der Waals surface area contributed by atoms with Crippen molar-refractivity contribution in [1.29, 1.82) is 0 Å². The fourth-order valence-corrected chi connectivity index (χ4v) is 4.03. The molecule has 0 spiro atoms. The van der Waals surface area contributed by atoms with Gasteiger partial charge in [0.25, 0.3) is 5.95 Å². The van der Waals surface area contributed by atoms with E-state index in [-0.39, 0.29) is 0 Å². The average molecular weight is 542 g/mol. The number of nitrogens with zero attached hydrogens (tertiary/aromatic N) is 6. The van der Waals surface area contributed by atoms with Gasteiger partial charge in [-0.3, -0.25) is 0 Å². The maximum Gasteiger partial charge on any atom is 0.273 e. The molecule has 0 aliphatic heterocycles. The SMILES string of the molecule is COc1cc(/C=N\n2c(C)nnc2-n2nc(C)cc2C)cc(I)c1OCc1ccccc1. The van der Waals surface area contributed by atoms with Crippen LogP contribution in [-0.2, 0) is 6.61 Å². The zero-order valence-corrected chi connectivity index (χ0v) is 20.4. The molecule has 0 saturated carbocycles. The van der Waals surface area contributed by atoms with Crippen molar-refractivity contribution >= 4 is 28.8 Å². The van der Waals surface area contributed by atoms with Crippen LogP contribution in [0, 0.1) is 24.3 Å². The summed E-state index contributed by atoms with van der Waals surface area (Å²) in [6, 6.07) is 15.9. The first kappa shape index (κ1) is 22.0. The van der Waals surface area contributed by atoms with E-state index in [1.165, 1.54) is 0 Å². The van der Waals surface area contributed by atoms with Crippen molar-refractivity contribution in [3.05, 3.63) is 80.4 Å². The molecule has 8 nitrogen and oxygen atoms in total. The molecule has 0 unspecified atom stereocenters. The first-order chi connectivity index (χ1) is 15.5. The monoisotopic (exact) mass is 542 g/mol. The fourth-order valence-electron chi connectivity index (χ4n) is 3.25. The van der Waals surface area contributed by atoms with E-state index in [4.69, 9.17) is 9.47 Å². The molecule has 9 heteroatoms. The first-order valence-corrected chi connectivity index (χ1v) is 11.1. The average Bonchev–Trinajstić information content (AvgIpc) is 3.32. The lowest BCUT2D eigenvalue weighted by molar-refractivity contribution is 0.282. The van der Waals surface area contributed by atoms with E-state index in [2.05, 4.69) is 43.0 Å². The molecule has 0 fully saturated rings. The predicted molar refractivity (Wildman–Crippen MR) is 131 cm³/mol. The minimum atomic E-state index is 0.465. The lowest BCUT2D eigenvalue weighted by Gasteiger charge is -2.13. The van der Waals surface area contributed by atoms with E-state index >= 15 is 0 Å². The highest BCUT2D eigenvalue weighted by atomic mass is 127. The molecule has 0 aliphatic carbocycles. The van der Waals surface area contributed by atoms with Gasteiger partial charge in [-0.25, -0.2) is 4.68 Å². The second kappa shape index (κ2) is 9.51. The van der Waals surface area contributed by atoms with Gasteiger partial charge in [0.15, 0.2) is 17.3 Å². The summed E-state index contributed by atoms with van der Waals surface area (Å²) in [5, 5.41) is 17.5. The van der Waals surface area contributed by atoms with E-state index in [0.717, 1.165) is 26.1 Å². The fraction of sp³-hybridized carbons (Fsp3) is 0.217. The number of rotatable bonds is 7. The molecule has 4 rings (SSSR count). The molecule has 32 heavy (non-hydrogen) atoms. The van der Waals surface area contributed by atoms with Crippen molar-refractivity contribution in [2.75, 3.05) is 7.11 Å². The molecule has 0 saturated heterocycles. The zero-order chi connectivity index (χ0) is 22.7. The maximum atomic E-state index is 6.05. The Labute approximate surface area is 200 Å². The molecule has 0 radical (unpaired) electrons. The van der Waals surface area contributed by atoms with Crippen LogP contribution < -0.4 is 9.47 Å². The molecule has 4 aromatic rings. The zero-order valence-electron chi connectivity index (χ0n) is 18.3.